The molecule has 1 N–H and O–H groups in total. The van der Waals surface area contributed by atoms with Crippen LogP contribution in [0.1, 0.15) is 33.6 Å². The molecule has 0 atom stereocenters. The lowest BCUT2D eigenvalue weighted by atomic mass is 10.1. The standard InChI is InChI=1S/C14H26N2O5/c1-14(2,3)21-13(18)16-7-5-11(6-8-16)20-9-12(17)15-10-19-4/h11H,5-10H2,1-4H3,(H,15,17). The number of methoxy groups -OCH3 is 1. The van der Waals surface area contributed by atoms with E-state index in [0.717, 1.165) is 0 Å². The van der Waals surface area contributed by atoms with Gasteiger partial charge in [-0.15, -0.1) is 0 Å². The molecular formula is C14H26N2O5. The Bertz CT molecular complexity index is 346. The molecular weight excluding hydrogens is 276 g/mol. The van der Waals surface area contributed by atoms with Gasteiger partial charge in [0.05, 0.1) is 6.10 Å². The van der Waals surface area contributed by atoms with Gasteiger partial charge in [0.15, 0.2) is 0 Å². The molecule has 2 amide bonds. The number of carbonyl (C=O) groups excluding carboxylic acids is 2. The highest BCUT2D eigenvalue weighted by atomic mass is 16.6. The minimum absolute atomic E-state index is 0.00279. The minimum Gasteiger partial charge on any atom is -0.444 e. The van der Waals surface area contributed by atoms with Gasteiger partial charge in [-0.05, 0) is 33.6 Å². The van der Waals surface area contributed by atoms with Gasteiger partial charge in [-0.2, -0.15) is 0 Å². The van der Waals surface area contributed by atoms with Crippen molar-refractivity contribution in [3.63, 3.8) is 0 Å². The second-order valence-corrected chi connectivity index (χ2v) is 6.01. The predicted molar refractivity (Wildman–Crippen MR) is 76.8 cm³/mol. The lowest BCUT2D eigenvalue weighted by Crippen LogP contribution is -2.44. The Kier molecular flexibility index (Phi) is 6.91. The molecule has 0 spiro atoms. The van der Waals surface area contributed by atoms with E-state index in [1.54, 1.807) is 4.90 Å². The summed E-state index contributed by atoms with van der Waals surface area (Å²) in [5.74, 6) is -0.202. The molecule has 7 nitrogen and oxygen atoms in total. The van der Waals surface area contributed by atoms with Crippen molar-refractivity contribution < 1.29 is 23.8 Å². The molecule has 0 aromatic heterocycles. The van der Waals surface area contributed by atoms with Gasteiger partial charge in [0, 0.05) is 20.2 Å². The van der Waals surface area contributed by atoms with Gasteiger partial charge in [-0.25, -0.2) is 4.79 Å². The Morgan fingerprint density at radius 1 is 1.24 bits per heavy atom. The average molecular weight is 302 g/mol. The number of nitrogens with one attached hydrogen (secondary N) is 1. The predicted octanol–water partition coefficient (Wildman–Crippen LogP) is 1.12. The Labute approximate surface area is 125 Å². The van der Waals surface area contributed by atoms with Crippen LogP contribution in [0.15, 0.2) is 0 Å². The molecule has 0 unspecified atom stereocenters. The number of rotatable bonds is 5. The first kappa shape index (κ1) is 17.7. The maximum atomic E-state index is 11.9. The van der Waals surface area contributed by atoms with E-state index in [1.165, 1.54) is 7.11 Å². The SMILES string of the molecule is COCNC(=O)COC1CCN(C(=O)OC(C)(C)C)CC1. The highest BCUT2D eigenvalue weighted by molar-refractivity contribution is 5.77. The Hall–Kier alpha value is -1.34. The van der Waals surface area contributed by atoms with E-state index in [1.807, 2.05) is 20.8 Å². The smallest absolute Gasteiger partial charge is 0.410 e. The molecule has 21 heavy (non-hydrogen) atoms. The van der Waals surface area contributed by atoms with Gasteiger partial charge in [0.25, 0.3) is 0 Å². The van der Waals surface area contributed by atoms with E-state index < -0.39 is 5.60 Å². The van der Waals surface area contributed by atoms with Crippen LogP contribution in [0.3, 0.4) is 0 Å². The van der Waals surface area contributed by atoms with E-state index in [2.05, 4.69) is 5.32 Å². The maximum Gasteiger partial charge on any atom is 0.410 e. The van der Waals surface area contributed by atoms with Gasteiger partial charge < -0.3 is 24.4 Å². The first-order chi connectivity index (χ1) is 9.81. The van der Waals surface area contributed by atoms with Crippen LogP contribution in [-0.4, -0.2) is 62.1 Å². The summed E-state index contributed by atoms with van der Waals surface area (Å²) in [5, 5.41) is 2.55. The summed E-state index contributed by atoms with van der Waals surface area (Å²) in [6, 6.07) is 0. The van der Waals surface area contributed by atoms with Crippen LogP contribution in [0.5, 0.6) is 0 Å². The van der Waals surface area contributed by atoms with E-state index in [9.17, 15) is 9.59 Å². The fourth-order valence-electron chi connectivity index (χ4n) is 1.93. The van der Waals surface area contributed by atoms with Crippen molar-refractivity contribution in [3.8, 4) is 0 Å². The van der Waals surface area contributed by atoms with Gasteiger partial charge >= 0.3 is 6.09 Å². The van der Waals surface area contributed by atoms with E-state index >= 15 is 0 Å². The van der Waals surface area contributed by atoms with Crippen LogP contribution in [-0.2, 0) is 19.0 Å². The number of carbonyl (C=O) groups is 2. The normalized spacial score (nSPS) is 16.7. The second-order valence-electron chi connectivity index (χ2n) is 6.01. The molecule has 1 fully saturated rings. The first-order valence-electron chi connectivity index (χ1n) is 7.17. The molecule has 0 aromatic carbocycles. The zero-order valence-corrected chi connectivity index (χ0v) is 13.3. The Morgan fingerprint density at radius 2 is 1.86 bits per heavy atom. The lowest BCUT2D eigenvalue weighted by molar-refractivity contribution is -0.130. The summed E-state index contributed by atoms with van der Waals surface area (Å²) < 4.78 is 15.6. The van der Waals surface area contributed by atoms with Crippen LogP contribution in [0.2, 0.25) is 0 Å². The topological polar surface area (TPSA) is 77.1 Å². The number of hydrogen-bond donors (Lipinski definition) is 1. The van der Waals surface area contributed by atoms with Crippen molar-refractivity contribution in [2.24, 2.45) is 0 Å². The van der Waals surface area contributed by atoms with Crippen LogP contribution in [0.25, 0.3) is 0 Å². The molecule has 1 saturated heterocycles. The van der Waals surface area contributed by atoms with Crippen molar-refractivity contribution in [1.82, 2.24) is 10.2 Å². The maximum absolute atomic E-state index is 11.9. The van der Waals surface area contributed by atoms with Crippen molar-refractivity contribution in [1.29, 1.82) is 0 Å². The monoisotopic (exact) mass is 302 g/mol. The van der Waals surface area contributed by atoms with E-state index in [-0.39, 0.29) is 31.4 Å². The molecule has 1 aliphatic heterocycles. The zero-order valence-electron chi connectivity index (χ0n) is 13.3. The molecule has 122 valence electrons. The molecule has 7 heteroatoms. The third-order valence-electron chi connectivity index (χ3n) is 2.96. The Morgan fingerprint density at radius 3 is 2.38 bits per heavy atom. The van der Waals surface area contributed by atoms with Crippen molar-refractivity contribution >= 4 is 12.0 Å². The molecule has 0 radical (unpaired) electrons. The number of hydrogen-bond acceptors (Lipinski definition) is 5. The van der Waals surface area contributed by atoms with Crippen LogP contribution in [0.4, 0.5) is 4.79 Å². The largest absolute Gasteiger partial charge is 0.444 e. The molecule has 1 rings (SSSR count). The third kappa shape index (κ3) is 7.29. The van der Waals surface area contributed by atoms with Crippen molar-refractivity contribution in [3.05, 3.63) is 0 Å². The summed E-state index contributed by atoms with van der Waals surface area (Å²) in [6.07, 6.45) is 1.11. The number of nitrogens with zero attached hydrogens (tertiary/aromatic N) is 1. The third-order valence-corrected chi connectivity index (χ3v) is 2.96. The average Bonchev–Trinajstić information content (AvgIpc) is 2.41. The van der Waals surface area contributed by atoms with Crippen molar-refractivity contribution in [2.75, 3.05) is 33.5 Å². The molecule has 0 aliphatic carbocycles. The quantitative estimate of drug-likeness (QED) is 0.770. The van der Waals surface area contributed by atoms with Crippen LogP contribution >= 0.6 is 0 Å². The summed E-state index contributed by atoms with van der Waals surface area (Å²) >= 11 is 0. The van der Waals surface area contributed by atoms with Crippen molar-refractivity contribution in [2.45, 2.75) is 45.3 Å². The number of ether oxygens (including phenoxy) is 3. The van der Waals surface area contributed by atoms with E-state index in [4.69, 9.17) is 14.2 Å². The van der Waals surface area contributed by atoms with E-state index in [0.29, 0.717) is 25.9 Å². The lowest BCUT2D eigenvalue weighted by Gasteiger charge is -2.33. The number of amides is 2. The van der Waals surface area contributed by atoms with Crippen LogP contribution in [0, 0.1) is 0 Å². The van der Waals surface area contributed by atoms with Gasteiger partial charge in [0.2, 0.25) is 5.91 Å². The fraction of sp³-hybridized carbons (Fsp3) is 0.857. The summed E-state index contributed by atoms with van der Waals surface area (Å²) in [5.41, 5.74) is -0.482. The molecule has 0 saturated carbocycles. The first-order valence-corrected chi connectivity index (χ1v) is 7.17. The Balaban J connectivity index is 2.23. The fourth-order valence-corrected chi connectivity index (χ4v) is 1.93. The minimum atomic E-state index is -0.482. The van der Waals surface area contributed by atoms with Gasteiger partial charge in [0.1, 0.15) is 18.9 Å². The van der Waals surface area contributed by atoms with Gasteiger partial charge in [-0.1, -0.05) is 0 Å². The van der Waals surface area contributed by atoms with Gasteiger partial charge in [-0.3, -0.25) is 4.79 Å². The molecule has 1 aliphatic rings. The van der Waals surface area contributed by atoms with Crippen LogP contribution < -0.4 is 5.32 Å². The number of likely N-dealkylation sites (tertiary alicyclic amines) is 1. The highest BCUT2D eigenvalue weighted by Crippen LogP contribution is 2.17. The zero-order chi connectivity index (χ0) is 15.9. The number of piperidine rings is 1. The molecule has 1 heterocycles. The second kappa shape index (κ2) is 8.19. The molecule has 0 aromatic rings. The highest BCUT2D eigenvalue weighted by Gasteiger charge is 2.27. The summed E-state index contributed by atoms with van der Waals surface area (Å²) in [6.45, 7) is 6.90. The summed E-state index contributed by atoms with van der Waals surface area (Å²) in [7, 11) is 1.51. The molecule has 0 bridgehead atoms. The summed E-state index contributed by atoms with van der Waals surface area (Å²) in [4.78, 5) is 24.9.